The Morgan fingerprint density at radius 3 is 2.90 bits per heavy atom. The molecule has 0 aliphatic rings. The molecule has 0 saturated carbocycles. The molecule has 0 amide bonds. The van der Waals surface area contributed by atoms with Gasteiger partial charge in [-0.15, -0.1) is 6.42 Å². The first-order valence-corrected chi connectivity index (χ1v) is 8.39. The Bertz CT molecular complexity index is 510. The van der Waals surface area contributed by atoms with Gasteiger partial charge in [-0.05, 0) is 24.9 Å². The fourth-order valence-electron chi connectivity index (χ4n) is 1.77. The fraction of sp³-hybridized carbons (Fsp3) is 0.571. The first kappa shape index (κ1) is 16.9. The standard InChI is InChI=1S/C14H20ClN3OS/c1-3-9-18-14(19)13(12(15)11-17-18)16-8-6-4-5-7-10-20-2/h1,11,16H,4-10H2,2H3. The Morgan fingerprint density at radius 1 is 1.45 bits per heavy atom. The molecule has 0 fully saturated rings. The van der Waals surface area contributed by atoms with Crippen LogP contribution in [0, 0.1) is 12.3 Å². The van der Waals surface area contributed by atoms with E-state index in [-0.39, 0.29) is 12.1 Å². The Labute approximate surface area is 129 Å². The van der Waals surface area contributed by atoms with Gasteiger partial charge in [0.05, 0.1) is 11.2 Å². The number of nitrogens with zero attached hydrogens (tertiary/aromatic N) is 2. The zero-order valence-electron chi connectivity index (χ0n) is 11.7. The molecule has 0 unspecified atom stereocenters. The van der Waals surface area contributed by atoms with Crippen molar-refractivity contribution in [2.24, 2.45) is 0 Å². The number of rotatable bonds is 9. The molecule has 110 valence electrons. The highest BCUT2D eigenvalue weighted by Gasteiger charge is 2.08. The van der Waals surface area contributed by atoms with E-state index in [1.54, 1.807) is 0 Å². The van der Waals surface area contributed by atoms with Crippen LogP contribution in [-0.4, -0.2) is 28.3 Å². The molecule has 0 aromatic carbocycles. The summed E-state index contributed by atoms with van der Waals surface area (Å²) < 4.78 is 1.23. The molecule has 1 aromatic rings. The average Bonchev–Trinajstić information content (AvgIpc) is 2.44. The van der Waals surface area contributed by atoms with Gasteiger partial charge in [0.1, 0.15) is 12.2 Å². The molecule has 0 aliphatic heterocycles. The summed E-state index contributed by atoms with van der Waals surface area (Å²) in [6.07, 6.45) is 13.4. The monoisotopic (exact) mass is 313 g/mol. The molecule has 1 aromatic heterocycles. The average molecular weight is 314 g/mol. The van der Waals surface area contributed by atoms with Gasteiger partial charge in [-0.25, -0.2) is 4.68 Å². The van der Waals surface area contributed by atoms with Crippen LogP contribution in [0.25, 0.3) is 0 Å². The quantitative estimate of drug-likeness (QED) is 0.562. The predicted octanol–water partition coefficient (Wildman–Crippen LogP) is 2.87. The Hall–Kier alpha value is -1.12. The normalized spacial score (nSPS) is 10.2. The lowest BCUT2D eigenvalue weighted by Gasteiger charge is -2.09. The molecule has 20 heavy (non-hydrogen) atoms. The maximum absolute atomic E-state index is 12.0. The highest BCUT2D eigenvalue weighted by Crippen LogP contribution is 2.15. The zero-order chi connectivity index (χ0) is 14.8. The lowest BCUT2D eigenvalue weighted by molar-refractivity contribution is 0.660. The second-order valence-corrected chi connectivity index (χ2v) is 5.76. The molecular weight excluding hydrogens is 294 g/mol. The molecule has 0 radical (unpaired) electrons. The van der Waals surface area contributed by atoms with E-state index in [1.807, 2.05) is 11.8 Å². The van der Waals surface area contributed by atoms with Gasteiger partial charge in [-0.2, -0.15) is 16.9 Å². The van der Waals surface area contributed by atoms with Crippen LogP contribution in [0.3, 0.4) is 0 Å². The molecule has 0 saturated heterocycles. The minimum Gasteiger partial charge on any atom is -0.379 e. The summed E-state index contributed by atoms with van der Waals surface area (Å²) in [5, 5.41) is 7.32. The highest BCUT2D eigenvalue weighted by atomic mass is 35.5. The lowest BCUT2D eigenvalue weighted by Crippen LogP contribution is -2.26. The van der Waals surface area contributed by atoms with Crippen molar-refractivity contribution in [1.82, 2.24) is 9.78 Å². The second kappa shape index (κ2) is 9.73. The molecule has 0 spiro atoms. The second-order valence-electron chi connectivity index (χ2n) is 4.37. The fourth-order valence-corrected chi connectivity index (χ4v) is 2.45. The van der Waals surface area contributed by atoms with E-state index in [0.29, 0.717) is 10.7 Å². The summed E-state index contributed by atoms with van der Waals surface area (Å²) in [5.41, 5.74) is 0.124. The number of nitrogens with one attached hydrogen (secondary N) is 1. The maximum atomic E-state index is 12.0. The third-order valence-electron chi connectivity index (χ3n) is 2.82. The first-order valence-electron chi connectivity index (χ1n) is 6.62. The van der Waals surface area contributed by atoms with Crippen molar-refractivity contribution in [3.8, 4) is 12.3 Å². The van der Waals surface area contributed by atoms with Gasteiger partial charge < -0.3 is 5.32 Å². The third kappa shape index (κ3) is 5.48. The number of aromatic nitrogens is 2. The maximum Gasteiger partial charge on any atom is 0.292 e. The summed E-state index contributed by atoms with van der Waals surface area (Å²) >= 11 is 7.86. The molecule has 0 aliphatic carbocycles. The van der Waals surface area contributed by atoms with Gasteiger partial charge in [-0.3, -0.25) is 4.79 Å². The number of terminal acetylenes is 1. The van der Waals surface area contributed by atoms with Crippen LogP contribution in [-0.2, 0) is 6.54 Å². The lowest BCUT2D eigenvalue weighted by atomic mass is 10.2. The minimum atomic E-state index is -0.266. The van der Waals surface area contributed by atoms with Crippen LogP contribution in [0.4, 0.5) is 5.69 Å². The summed E-state index contributed by atoms with van der Waals surface area (Å²) in [7, 11) is 0. The van der Waals surface area contributed by atoms with E-state index in [4.69, 9.17) is 18.0 Å². The van der Waals surface area contributed by atoms with E-state index in [0.717, 1.165) is 19.4 Å². The SMILES string of the molecule is C#CCn1ncc(Cl)c(NCCCCCCSC)c1=O. The van der Waals surface area contributed by atoms with Crippen molar-refractivity contribution in [3.63, 3.8) is 0 Å². The van der Waals surface area contributed by atoms with Gasteiger partial charge in [0.25, 0.3) is 5.56 Å². The van der Waals surface area contributed by atoms with Crippen molar-refractivity contribution in [2.75, 3.05) is 23.9 Å². The summed E-state index contributed by atoms with van der Waals surface area (Å²) in [5.74, 6) is 3.60. The summed E-state index contributed by atoms with van der Waals surface area (Å²) in [6.45, 7) is 0.883. The Morgan fingerprint density at radius 2 is 2.20 bits per heavy atom. The molecule has 6 heteroatoms. The van der Waals surface area contributed by atoms with Gasteiger partial charge in [0.15, 0.2) is 0 Å². The zero-order valence-corrected chi connectivity index (χ0v) is 13.3. The minimum absolute atomic E-state index is 0.152. The molecule has 4 nitrogen and oxygen atoms in total. The third-order valence-corrected chi connectivity index (χ3v) is 3.80. The van der Waals surface area contributed by atoms with Crippen molar-refractivity contribution in [3.05, 3.63) is 21.6 Å². The first-order chi connectivity index (χ1) is 9.70. The van der Waals surface area contributed by atoms with Crippen molar-refractivity contribution in [2.45, 2.75) is 32.2 Å². The van der Waals surface area contributed by atoms with Crippen molar-refractivity contribution < 1.29 is 0 Å². The van der Waals surface area contributed by atoms with Crippen LogP contribution < -0.4 is 10.9 Å². The van der Waals surface area contributed by atoms with Gasteiger partial charge >= 0.3 is 0 Å². The number of hydrogen-bond donors (Lipinski definition) is 1. The van der Waals surface area contributed by atoms with E-state index in [1.165, 1.54) is 29.5 Å². The van der Waals surface area contributed by atoms with Crippen LogP contribution in [0.5, 0.6) is 0 Å². The molecular formula is C14H20ClN3OS. The summed E-state index contributed by atoms with van der Waals surface area (Å²) in [4.78, 5) is 12.0. The molecule has 1 N–H and O–H groups in total. The van der Waals surface area contributed by atoms with Crippen LogP contribution in [0.1, 0.15) is 25.7 Å². The summed E-state index contributed by atoms with van der Waals surface area (Å²) in [6, 6.07) is 0. The number of anilines is 1. The smallest absolute Gasteiger partial charge is 0.292 e. The predicted molar refractivity (Wildman–Crippen MR) is 87.7 cm³/mol. The van der Waals surface area contributed by atoms with Crippen molar-refractivity contribution >= 4 is 29.1 Å². The van der Waals surface area contributed by atoms with Crippen LogP contribution >= 0.6 is 23.4 Å². The van der Waals surface area contributed by atoms with Gasteiger partial charge in [0, 0.05) is 6.54 Å². The molecule has 0 bridgehead atoms. The van der Waals surface area contributed by atoms with Crippen molar-refractivity contribution in [1.29, 1.82) is 0 Å². The van der Waals surface area contributed by atoms with E-state index >= 15 is 0 Å². The van der Waals surface area contributed by atoms with Gasteiger partial charge in [-0.1, -0.05) is 30.4 Å². The number of hydrogen-bond acceptors (Lipinski definition) is 4. The molecule has 1 rings (SSSR count). The van der Waals surface area contributed by atoms with Crippen LogP contribution in [0.2, 0.25) is 5.02 Å². The Kier molecular flexibility index (Phi) is 8.24. The van der Waals surface area contributed by atoms with E-state index < -0.39 is 0 Å². The largest absolute Gasteiger partial charge is 0.379 e. The van der Waals surface area contributed by atoms with Gasteiger partial charge in [0.2, 0.25) is 0 Å². The Balaban J connectivity index is 2.45. The highest BCUT2D eigenvalue weighted by molar-refractivity contribution is 7.98. The van der Waals surface area contributed by atoms with Crippen LogP contribution in [0.15, 0.2) is 11.0 Å². The number of thioether (sulfide) groups is 1. The number of unbranched alkanes of at least 4 members (excludes halogenated alkanes) is 3. The number of halogens is 1. The topological polar surface area (TPSA) is 46.9 Å². The van der Waals surface area contributed by atoms with E-state index in [2.05, 4.69) is 22.6 Å². The molecule has 1 heterocycles. The molecule has 0 atom stereocenters. The van der Waals surface area contributed by atoms with E-state index in [9.17, 15) is 4.79 Å².